The maximum absolute atomic E-state index is 12.6. The summed E-state index contributed by atoms with van der Waals surface area (Å²) in [6.45, 7) is 2.68. The molecule has 1 N–H and O–H groups in total. The highest BCUT2D eigenvalue weighted by molar-refractivity contribution is 5.92. The highest BCUT2D eigenvalue weighted by Crippen LogP contribution is 2.28. The van der Waals surface area contributed by atoms with E-state index in [0.717, 1.165) is 12.8 Å². The molecule has 1 saturated heterocycles. The zero-order chi connectivity index (χ0) is 16.2. The third-order valence-electron chi connectivity index (χ3n) is 4.32. The van der Waals surface area contributed by atoms with Gasteiger partial charge in [-0.25, -0.2) is 0 Å². The average molecular weight is 315 g/mol. The van der Waals surface area contributed by atoms with Crippen molar-refractivity contribution in [2.24, 2.45) is 5.92 Å². The van der Waals surface area contributed by atoms with Crippen LogP contribution in [0.4, 0.5) is 0 Å². The van der Waals surface area contributed by atoms with Gasteiger partial charge >= 0.3 is 0 Å². The van der Waals surface area contributed by atoms with Crippen LogP contribution in [-0.4, -0.2) is 35.1 Å². The van der Waals surface area contributed by atoms with Gasteiger partial charge in [-0.05, 0) is 37.0 Å². The normalized spacial score (nSPS) is 21.2. The number of benzene rings is 1. The monoisotopic (exact) mass is 315 g/mol. The number of ether oxygens (including phenoxy) is 1. The zero-order valence-corrected chi connectivity index (χ0v) is 13.1. The number of aliphatic hydroxyl groups is 1. The number of carbonyl (C=O) groups is 1. The van der Waals surface area contributed by atoms with Gasteiger partial charge in [0.2, 0.25) is 0 Å². The molecule has 0 radical (unpaired) electrons. The molecule has 1 aliphatic heterocycles. The minimum atomic E-state index is -0.196. The third kappa shape index (κ3) is 3.40. The van der Waals surface area contributed by atoms with E-state index in [1.807, 2.05) is 30.3 Å². The molecule has 2 atom stereocenters. The van der Waals surface area contributed by atoms with Gasteiger partial charge in [-0.2, -0.15) is 0 Å². The number of aliphatic hydroxyl groups excluding tert-OH is 1. The van der Waals surface area contributed by atoms with Crippen LogP contribution in [-0.2, 0) is 0 Å². The predicted molar refractivity (Wildman–Crippen MR) is 85.5 cm³/mol. The first kappa shape index (κ1) is 15.6. The fraction of sp³-hybridized carbons (Fsp3) is 0.389. The van der Waals surface area contributed by atoms with Crippen molar-refractivity contribution in [3.05, 3.63) is 48.2 Å². The van der Waals surface area contributed by atoms with E-state index in [1.54, 1.807) is 17.0 Å². The highest BCUT2D eigenvalue weighted by Gasteiger charge is 2.33. The number of hydrogen-bond donors (Lipinski definition) is 1. The molecule has 0 bridgehead atoms. The Hall–Kier alpha value is -2.27. The second-order valence-corrected chi connectivity index (χ2v) is 5.90. The first-order valence-electron chi connectivity index (χ1n) is 7.93. The number of carbonyl (C=O) groups excluding carboxylic acids is 1. The Kier molecular flexibility index (Phi) is 4.67. The van der Waals surface area contributed by atoms with Gasteiger partial charge in [-0.3, -0.25) is 4.79 Å². The molecule has 1 aromatic carbocycles. The van der Waals surface area contributed by atoms with Crippen molar-refractivity contribution in [3.8, 4) is 11.7 Å². The molecule has 2 aromatic rings. The Morgan fingerprint density at radius 3 is 2.83 bits per heavy atom. The van der Waals surface area contributed by atoms with Crippen molar-refractivity contribution in [2.75, 3.05) is 13.2 Å². The minimum Gasteiger partial charge on any atom is -0.426 e. The van der Waals surface area contributed by atoms with Crippen molar-refractivity contribution < 1.29 is 19.1 Å². The largest absolute Gasteiger partial charge is 0.426 e. The summed E-state index contributed by atoms with van der Waals surface area (Å²) >= 11 is 0. The molecule has 2 heterocycles. The van der Waals surface area contributed by atoms with Gasteiger partial charge in [0, 0.05) is 12.6 Å². The van der Waals surface area contributed by atoms with Crippen LogP contribution in [0.2, 0.25) is 0 Å². The molecule has 3 rings (SSSR count). The SMILES string of the molecule is CC1CCCN(C(=O)c2ccc(Oc3ccccc3)o2)C1CO. The lowest BCUT2D eigenvalue weighted by Crippen LogP contribution is -2.49. The van der Waals surface area contributed by atoms with E-state index in [2.05, 4.69) is 6.92 Å². The Morgan fingerprint density at radius 2 is 2.09 bits per heavy atom. The van der Waals surface area contributed by atoms with Gasteiger partial charge in [0.05, 0.1) is 12.6 Å². The Balaban J connectivity index is 1.73. The summed E-state index contributed by atoms with van der Waals surface area (Å²) in [5.41, 5.74) is 0. The lowest BCUT2D eigenvalue weighted by atomic mass is 9.91. The lowest BCUT2D eigenvalue weighted by Gasteiger charge is -2.38. The van der Waals surface area contributed by atoms with Crippen LogP contribution in [0, 0.1) is 5.92 Å². The van der Waals surface area contributed by atoms with Gasteiger partial charge in [0.15, 0.2) is 5.76 Å². The summed E-state index contributed by atoms with van der Waals surface area (Å²) in [7, 11) is 0. The van der Waals surface area contributed by atoms with Gasteiger partial charge in [0.25, 0.3) is 11.9 Å². The maximum Gasteiger partial charge on any atom is 0.290 e. The first-order valence-corrected chi connectivity index (χ1v) is 7.93. The van der Waals surface area contributed by atoms with Crippen LogP contribution < -0.4 is 4.74 Å². The fourth-order valence-corrected chi connectivity index (χ4v) is 3.02. The molecule has 5 nitrogen and oxygen atoms in total. The Bertz CT molecular complexity index is 652. The van der Waals surface area contributed by atoms with Crippen LogP contribution in [0.15, 0.2) is 46.9 Å². The molecule has 2 unspecified atom stereocenters. The second kappa shape index (κ2) is 6.87. The zero-order valence-electron chi connectivity index (χ0n) is 13.1. The number of nitrogens with zero attached hydrogens (tertiary/aromatic N) is 1. The molecule has 122 valence electrons. The van der Waals surface area contributed by atoms with Gasteiger partial charge in [-0.1, -0.05) is 25.1 Å². The van der Waals surface area contributed by atoms with Crippen molar-refractivity contribution in [3.63, 3.8) is 0 Å². The van der Waals surface area contributed by atoms with Crippen LogP contribution >= 0.6 is 0 Å². The van der Waals surface area contributed by atoms with Crippen molar-refractivity contribution in [1.82, 2.24) is 4.90 Å². The topological polar surface area (TPSA) is 62.9 Å². The smallest absolute Gasteiger partial charge is 0.290 e. The van der Waals surface area contributed by atoms with Gasteiger partial charge in [-0.15, -0.1) is 0 Å². The van der Waals surface area contributed by atoms with E-state index in [-0.39, 0.29) is 36.2 Å². The molecule has 1 aliphatic rings. The number of rotatable bonds is 4. The summed E-state index contributed by atoms with van der Waals surface area (Å²) in [4.78, 5) is 14.4. The van der Waals surface area contributed by atoms with Crippen LogP contribution in [0.3, 0.4) is 0 Å². The maximum atomic E-state index is 12.6. The summed E-state index contributed by atoms with van der Waals surface area (Å²) in [6, 6.07) is 12.4. The molecule has 5 heteroatoms. The molecule has 0 aliphatic carbocycles. The third-order valence-corrected chi connectivity index (χ3v) is 4.32. The Labute approximate surface area is 135 Å². The molecule has 1 amide bonds. The number of likely N-dealkylation sites (tertiary alicyclic amines) is 1. The number of furan rings is 1. The van der Waals surface area contributed by atoms with Gasteiger partial charge in [0.1, 0.15) is 5.75 Å². The van der Waals surface area contributed by atoms with Crippen molar-refractivity contribution in [2.45, 2.75) is 25.8 Å². The number of amides is 1. The molecule has 0 saturated carbocycles. The van der Waals surface area contributed by atoms with E-state index in [1.165, 1.54) is 0 Å². The Morgan fingerprint density at radius 1 is 1.30 bits per heavy atom. The van der Waals surface area contributed by atoms with Crippen LogP contribution in [0.1, 0.15) is 30.3 Å². The van der Waals surface area contributed by atoms with E-state index >= 15 is 0 Å². The van der Waals surface area contributed by atoms with Gasteiger partial charge < -0.3 is 19.2 Å². The van der Waals surface area contributed by atoms with E-state index in [4.69, 9.17) is 9.15 Å². The van der Waals surface area contributed by atoms with E-state index < -0.39 is 0 Å². The van der Waals surface area contributed by atoms with Crippen LogP contribution in [0.5, 0.6) is 11.7 Å². The number of para-hydroxylation sites is 1. The summed E-state index contributed by atoms with van der Waals surface area (Å²) in [6.07, 6.45) is 1.97. The van der Waals surface area contributed by atoms with E-state index in [9.17, 15) is 9.90 Å². The van der Waals surface area contributed by atoms with Crippen molar-refractivity contribution in [1.29, 1.82) is 0 Å². The predicted octanol–water partition coefficient (Wildman–Crippen LogP) is 3.30. The summed E-state index contributed by atoms with van der Waals surface area (Å²) < 4.78 is 11.1. The minimum absolute atomic E-state index is 0.0268. The highest BCUT2D eigenvalue weighted by atomic mass is 16.6. The standard InChI is InChI=1S/C18H21NO4/c1-13-6-5-11-19(15(13)12-20)18(21)16-9-10-17(23-16)22-14-7-3-2-4-8-14/h2-4,7-10,13,15,20H,5-6,11-12H2,1H3. The number of piperidine rings is 1. The summed E-state index contributed by atoms with van der Waals surface area (Å²) in [5.74, 6) is 1.26. The fourth-order valence-electron chi connectivity index (χ4n) is 3.02. The second-order valence-electron chi connectivity index (χ2n) is 5.90. The molecule has 1 fully saturated rings. The average Bonchev–Trinajstić information content (AvgIpc) is 3.03. The molecule has 1 aromatic heterocycles. The lowest BCUT2D eigenvalue weighted by molar-refractivity contribution is 0.0328. The van der Waals surface area contributed by atoms with Crippen molar-refractivity contribution >= 4 is 5.91 Å². The number of hydrogen-bond acceptors (Lipinski definition) is 4. The quantitative estimate of drug-likeness (QED) is 0.940. The summed E-state index contributed by atoms with van der Waals surface area (Å²) in [5, 5.41) is 9.58. The molecular weight excluding hydrogens is 294 g/mol. The molecule has 0 spiro atoms. The molecule has 23 heavy (non-hydrogen) atoms. The van der Waals surface area contributed by atoms with Crippen LogP contribution in [0.25, 0.3) is 0 Å². The first-order chi connectivity index (χ1) is 11.2. The molecular formula is C18H21NO4. The van der Waals surface area contributed by atoms with E-state index in [0.29, 0.717) is 12.3 Å².